The first kappa shape index (κ1) is 16.3. The lowest BCUT2D eigenvalue weighted by Crippen LogP contribution is -2.48. The molecule has 0 aliphatic heterocycles. The van der Waals surface area contributed by atoms with Crippen molar-refractivity contribution in [3.05, 3.63) is 28.8 Å². The molecular weight excluding hydrogens is 286 g/mol. The van der Waals surface area contributed by atoms with Crippen LogP contribution >= 0.6 is 11.6 Å². The lowest BCUT2D eigenvalue weighted by Gasteiger charge is -2.17. The number of ether oxygens (including phenoxy) is 1. The van der Waals surface area contributed by atoms with E-state index in [2.05, 4.69) is 5.32 Å². The first-order valence-electron chi connectivity index (χ1n) is 5.87. The molecule has 3 N–H and O–H groups in total. The number of nitrogens with one attached hydrogen (secondary N) is 1. The van der Waals surface area contributed by atoms with Gasteiger partial charge in [-0.3, -0.25) is 4.79 Å². The average molecular weight is 302 g/mol. The fraction of sp³-hybridized carbons (Fsp3) is 0.385. The SMILES string of the molecule is COc1ccc(Cl)cc1CC(=O)NC(C(=O)O)C(C)O. The number of carbonyl (C=O) groups is 2. The second-order valence-corrected chi connectivity index (χ2v) is 4.69. The van der Waals surface area contributed by atoms with Crippen LogP contribution in [0.1, 0.15) is 12.5 Å². The summed E-state index contributed by atoms with van der Waals surface area (Å²) in [6.45, 7) is 1.29. The number of rotatable bonds is 6. The van der Waals surface area contributed by atoms with Crippen molar-refractivity contribution in [2.75, 3.05) is 7.11 Å². The maximum absolute atomic E-state index is 11.8. The predicted molar refractivity (Wildman–Crippen MR) is 73.0 cm³/mol. The summed E-state index contributed by atoms with van der Waals surface area (Å²) in [7, 11) is 1.46. The van der Waals surface area contributed by atoms with Crippen molar-refractivity contribution in [3.8, 4) is 5.75 Å². The van der Waals surface area contributed by atoms with Crippen molar-refractivity contribution < 1.29 is 24.5 Å². The molecule has 1 amide bonds. The van der Waals surface area contributed by atoms with E-state index in [1.807, 2.05) is 0 Å². The van der Waals surface area contributed by atoms with Gasteiger partial charge in [0.1, 0.15) is 5.75 Å². The van der Waals surface area contributed by atoms with Crippen molar-refractivity contribution in [2.24, 2.45) is 0 Å². The van der Waals surface area contributed by atoms with Gasteiger partial charge in [-0.25, -0.2) is 4.79 Å². The quantitative estimate of drug-likeness (QED) is 0.723. The van der Waals surface area contributed by atoms with Gasteiger partial charge in [0.25, 0.3) is 0 Å². The normalized spacial score (nSPS) is 13.4. The van der Waals surface area contributed by atoms with Gasteiger partial charge in [-0.05, 0) is 25.1 Å². The molecular formula is C13H16ClNO5. The number of aliphatic hydroxyl groups excluding tert-OH is 1. The van der Waals surface area contributed by atoms with Gasteiger partial charge in [0, 0.05) is 10.6 Å². The van der Waals surface area contributed by atoms with E-state index in [9.17, 15) is 14.7 Å². The second-order valence-electron chi connectivity index (χ2n) is 4.26. The summed E-state index contributed by atoms with van der Waals surface area (Å²) in [5.41, 5.74) is 0.534. The summed E-state index contributed by atoms with van der Waals surface area (Å²) >= 11 is 5.84. The van der Waals surface area contributed by atoms with Crippen LogP contribution in [0.2, 0.25) is 5.02 Å². The molecule has 0 bridgehead atoms. The van der Waals surface area contributed by atoms with E-state index in [0.717, 1.165) is 0 Å². The highest BCUT2D eigenvalue weighted by Crippen LogP contribution is 2.23. The minimum absolute atomic E-state index is 0.0970. The number of methoxy groups -OCH3 is 1. The summed E-state index contributed by atoms with van der Waals surface area (Å²) in [6.07, 6.45) is -1.29. The van der Waals surface area contributed by atoms with Crippen LogP contribution in [0.5, 0.6) is 5.75 Å². The Balaban J connectivity index is 2.80. The topological polar surface area (TPSA) is 95.9 Å². The molecule has 0 aromatic heterocycles. The Morgan fingerprint density at radius 1 is 1.45 bits per heavy atom. The van der Waals surface area contributed by atoms with Gasteiger partial charge < -0.3 is 20.3 Å². The second kappa shape index (κ2) is 7.12. The van der Waals surface area contributed by atoms with E-state index in [1.165, 1.54) is 14.0 Å². The molecule has 0 heterocycles. The van der Waals surface area contributed by atoms with E-state index in [1.54, 1.807) is 18.2 Å². The third-order valence-electron chi connectivity index (χ3n) is 2.66. The largest absolute Gasteiger partial charge is 0.496 e. The molecule has 1 aromatic rings. The minimum Gasteiger partial charge on any atom is -0.496 e. The highest BCUT2D eigenvalue weighted by Gasteiger charge is 2.25. The third kappa shape index (κ3) is 4.40. The number of hydrogen-bond acceptors (Lipinski definition) is 4. The lowest BCUT2D eigenvalue weighted by molar-refractivity contribution is -0.144. The maximum Gasteiger partial charge on any atom is 0.328 e. The van der Waals surface area contributed by atoms with E-state index >= 15 is 0 Å². The zero-order chi connectivity index (χ0) is 15.3. The van der Waals surface area contributed by atoms with Crippen LogP contribution in [-0.2, 0) is 16.0 Å². The van der Waals surface area contributed by atoms with Gasteiger partial charge in [0.05, 0.1) is 19.6 Å². The summed E-state index contributed by atoms with van der Waals surface area (Å²) in [5, 5.41) is 20.9. The number of halogens is 1. The summed E-state index contributed by atoms with van der Waals surface area (Å²) < 4.78 is 5.10. The fourth-order valence-corrected chi connectivity index (χ4v) is 1.87. The van der Waals surface area contributed by atoms with Gasteiger partial charge in [0.15, 0.2) is 6.04 Å². The summed E-state index contributed by atoms with van der Waals surface area (Å²) in [6, 6.07) is 3.46. The Hall–Kier alpha value is -1.79. The molecule has 0 fully saturated rings. The molecule has 1 rings (SSSR count). The molecule has 6 nitrogen and oxygen atoms in total. The zero-order valence-electron chi connectivity index (χ0n) is 11.1. The van der Waals surface area contributed by atoms with Crippen LogP contribution < -0.4 is 10.1 Å². The zero-order valence-corrected chi connectivity index (χ0v) is 11.8. The monoisotopic (exact) mass is 301 g/mol. The molecule has 0 aliphatic carbocycles. The number of aliphatic carboxylic acids is 1. The lowest BCUT2D eigenvalue weighted by atomic mass is 10.1. The number of amides is 1. The van der Waals surface area contributed by atoms with Crippen LogP contribution in [0, 0.1) is 0 Å². The highest BCUT2D eigenvalue weighted by atomic mass is 35.5. The molecule has 0 saturated carbocycles. The number of benzene rings is 1. The van der Waals surface area contributed by atoms with E-state index in [0.29, 0.717) is 16.3 Å². The third-order valence-corrected chi connectivity index (χ3v) is 2.89. The Morgan fingerprint density at radius 2 is 2.10 bits per heavy atom. The Bertz CT molecular complexity index is 504. The first-order chi connectivity index (χ1) is 9.35. The summed E-state index contributed by atoms with van der Waals surface area (Å²) in [5.74, 6) is -1.36. The number of carboxylic acid groups (broad SMARTS) is 1. The molecule has 2 unspecified atom stereocenters. The van der Waals surface area contributed by atoms with Crippen molar-refractivity contribution in [3.63, 3.8) is 0 Å². The van der Waals surface area contributed by atoms with E-state index in [4.69, 9.17) is 21.4 Å². The average Bonchev–Trinajstić information content (AvgIpc) is 2.35. The maximum atomic E-state index is 11.8. The van der Waals surface area contributed by atoms with Crippen LogP contribution in [0.3, 0.4) is 0 Å². The van der Waals surface area contributed by atoms with Gasteiger partial charge in [-0.15, -0.1) is 0 Å². The fourth-order valence-electron chi connectivity index (χ4n) is 1.67. The van der Waals surface area contributed by atoms with Crippen LogP contribution in [-0.4, -0.2) is 41.3 Å². The van der Waals surface area contributed by atoms with Crippen LogP contribution in [0.15, 0.2) is 18.2 Å². The van der Waals surface area contributed by atoms with Gasteiger partial charge in [-0.2, -0.15) is 0 Å². The van der Waals surface area contributed by atoms with Crippen LogP contribution in [0.25, 0.3) is 0 Å². The molecule has 7 heteroatoms. The predicted octanol–water partition coefficient (Wildman–Crippen LogP) is 0.841. The molecule has 2 atom stereocenters. The number of hydrogen-bond donors (Lipinski definition) is 3. The molecule has 0 aliphatic rings. The smallest absolute Gasteiger partial charge is 0.328 e. The van der Waals surface area contributed by atoms with Crippen LogP contribution in [0.4, 0.5) is 0 Å². The highest BCUT2D eigenvalue weighted by molar-refractivity contribution is 6.30. The Labute approximate surface area is 121 Å². The Morgan fingerprint density at radius 3 is 2.60 bits per heavy atom. The molecule has 110 valence electrons. The van der Waals surface area contributed by atoms with Crippen molar-refractivity contribution in [1.29, 1.82) is 0 Å². The van der Waals surface area contributed by atoms with Gasteiger partial charge in [0.2, 0.25) is 5.91 Å². The van der Waals surface area contributed by atoms with E-state index in [-0.39, 0.29) is 6.42 Å². The van der Waals surface area contributed by atoms with Crippen molar-refractivity contribution in [1.82, 2.24) is 5.32 Å². The number of aliphatic hydroxyl groups is 1. The van der Waals surface area contributed by atoms with Gasteiger partial charge >= 0.3 is 5.97 Å². The molecule has 0 spiro atoms. The van der Waals surface area contributed by atoms with Gasteiger partial charge in [-0.1, -0.05) is 11.6 Å². The van der Waals surface area contributed by atoms with Crippen molar-refractivity contribution in [2.45, 2.75) is 25.5 Å². The van der Waals surface area contributed by atoms with E-state index < -0.39 is 24.0 Å². The molecule has 0 saturated heterocycles. The summed E-state index contributed by atoms with van der Waals surface area (Å²) in [4.78, 5) is 22.7. The Kier molecular flexibility index (Phi) is 5.79. The molecule has 20 heavy (non-hydrogen) atoms. The van der Waals surface area contributed by atoms with Crippen molar-refractivity contribution >= 4 is 23.5 Å². The minimum atomic E-state index is -1.35. The number of carbonyl (C=O) groups excluding carboxylic acids is 1. The molecule has 1 aromatic carbocycles. The standard InChI is InChI=1S/C13H16ClNO5/c1-7(16)12(13(18)19)15-11(17)6-8-5-9(14)3-4-10(8)20-2/h3-5,7,12,16H,6H2,1-2H3,(H,15,17)(H,18,19). The first-order valence-corrected chi connectivity index (χ1v) is 6.25. The molecule has 0 radical (unpaired) electrons. The number of carboxylic acids is 1.